The van der Waals surface area contributed by atoms with Crippen molar-refractivity contribution < 1.29 is 14.6 Å². The van der Waals surface area contributed by atoms with Crippen LogP contribution in [0.15, 0.2) is 18.2 Å². The lowest BCUT2D eigenvalue weighted by Crippen LogP contribution is -2.59. The van der Waals surface area contributed by atoms with Gasteiger partial charge in [0.2, 0.25) is 0 Å². The molecule has 19 heavy (non-hydrogen) atoms. The number of fused-ring (bicyclic) bond motifs is 1. The molecule has 3 rings (SSSR count). The Balaban J connectivity index is 1.68. The zero-order chi connectivity index (χ0) is 13.5. The van der Waals surface area contributed by atoms with Gasteiger partial charge >= 0.3 is 0 Å². The van der Waals surface area contributed by atoms with Crippen molar-refractivity contribution in [1.82, 2.24) is 5.32 Å². The fraction of sp³-hybridized carbons (Fsp3) is 0.600. The van der Waals surface area contributed by atoms with E-state index in [4.69, 9.17) is 9.47 Å². The third kappa shape index (κ3) is 2.19. The monoisotopic (exact) mass is 263 g/mol. The van der Waals surface area contributed by atoms with E-state index in [1.807, 2.05) is 12.1 Å². The number of nitrogens with one attached hydrogen (secondary N) is 1. The van der Waals surface area contributed by atoms with Crippen LogP contribution >= 0.6 is 0 Å². The minimum Gasteiger partial charge on any atom is -0.486 e. The maximum atomic E-state index is 9.75. The van der Waals surface area contributed by atoms with Crippen LogP contribution in [0.1, 0.15) is 25.8 Å². The van der Waals surface area contributed by atoms with Gasteiger partial charge in [-0.25, -0.2) is 0 Å². The molecule has 104 valence electrons. The molecule has 4 heteroatoms. The Morgan fingerprint density at radius 1 is 1.32 bits per heavy atom. The van der Waals surface area contributed by atoms with Gasteiger partial charge in [0.15, 0.2) is 11.5 Å². The molecule has 1 aliphatic carbocycles. The van der Waals surface area contributed by atoms with Crippen molar-refractivity contribution in [3.63, 3.8) is 0 Å². The van der Waals surface area contributed by atoms with Gasteiger partial charge in [-0.05, 0) is 12.5 Å². The van der Waals surface area contributed by atoms with Crippen molar-refractivity contribution >= 4 is 0 Å². The SMILES string of the molecule is CC1(C)C(O)CC1NCc1cccc2c1OCCO2. The van der Waals surface area contributed by atoms with Crippen LogP contribution in [0.25, 0.3) is 0 Å². The van der Waals surface area contributed by atoms with Crippen LogP contribution in [0.4, 0.5) is 0 Å². The molecule has 4 nitrogen and oxygen atoms in total. The smallest absolute Gasteiger partial charge is 0.165 e. The minimum atomic E-state index is -0.200. The van der Waals surface area contributed by atoms with Gasteiger partial charge in [0.25, 0.3) is 0 Å². The molecule has 0 saturated heterocycles. The number of aliphatic hydroxyl groups excluding tert-OH is 1. The first-order valence-electron chi connectivity index (χ1n) is 6.88. The molecule has 1 aromatic rings. The number of para-hydroxylation sites is 1. The summed E-state index contributed by atoms with van der Waals surface area (Å²) in [5.41, 5.74) is 1.07. The van der Waals surface area contributed by atoms with Crippen LogP contribution in [0.5, 0.6) is 11.5 Å². The Morgan fingerprint density at radius 3 is 2.84 bits per heavy atom. The Kier molecular flexibility index (Phi) is 3.15. The Bertz CT molecular complexity index is 472. The number of aliphatic hydroxyl groups is 1. The zero-order valence-electron chi connectivity index (χ0n) is 11.5. The quantitative estimate of drug-likeness (QED) is 0.871. The second-order valence-corrected chi connectivity index (χ2v) is 5.95. The summed E-state index contributed by atoms with van der Waals surface area (Å²) in [5, 5.41) is 13.3. The number of ether oxygens (including phenoxy) is 2. The molecule has 1 aromatic carbocycles. The van der Waals surface area contributed by atoms with Crippen LogP contribution in [0.3, 0.4) is 0 Å². The van der Waals surface area contributed by atoms with Crippen molar-refractivity contribution in [1.29, 1.82) is 0 Å². The second-order valence-electron chi connectivity index (χ2n) is 5.95. The molecule has 0 spiro atoms. The van der Waals surface area contributed by atoms with Crippen molar-refractivity contribution in [2.75, 3.05) is 13.2 Å². The lowest BCUT2D eigenvalue weighted by Gasteiger charge is -2.49. The fourth-order valence-corrected chi connectivity index (χ4v) is 2.76. The van der Waals surface area contributed by atoms with Crippen molar-refractivity contribution in [2.45, 2.75) is 39.0 Å². The lowest BCUT2D eigenvalue weighted by atomic mass is 9.64. The molecule has 1 aliphatic heterocycles. The molecule has 2 aliphatic rings. The molecule has 2 unspecified atom stereocenters. The standard InChI is InChI=1S/C15H21NO3/c1-15(2)12(8-13(15)17)16-9-10-4-3-5-11-14(10)19-7-6-18-11/h3-5,12-13,16-17H,6-9H2,1-2H3. The molecule has 1 saturated carbocycles. The summed E-state index contributed by atoms with van der Waals surface area (Å²) in [4.78, 5) is 0. The Hall–Kier alpha value is -1.26. The van der Waals surface area contributed by atoms with Gasteiger partial charge in [0.05, 0.1) is 6.10 Å². The summed E-state index contributed by atoms with van der Waals surface area (Å²) in [6.07, 6.45) is 0.619. The van der Waals surface area contributed by atoms with E-state index >= 15 is 0 Å². The van der Waals surface area contributed by atoms with Crippen molar-refractivity contribution in [3.05, 3.63) is 23.8 Å². The lowest BCUT2D eigenvalue weighted by molar-refractivity contribution is -0.0730. The molecule has 2 N–H and O–H groups in total. The van der Waals surface area contributed by atoms with Crippen molar-refractivity contribution in [3.8, 4) is 11.5 Å². The molecule has 0 bridgehead atoms. The Labute approximate surface area is 113 Å². The third-order valence-electron chi connectivity index (χ3n) is 4.40. The summed E-state index contributed by atoms with van der Waals surface area (Å²) in [5.74, 6) is 1.69. The van der Waals surface area contributed by atoms with E-state index in [9.17, 15) is 5.11 Å². The zero-order valence-corrected chi connectivity index (χ0v) is 11.5. The van der Waals surface area contributed by atoms with E-state index in [-0.39, 0.29) is 11.5 Å². The van der Waals surface area contributed by atoms with Gasteiger partial charge < -0.3 is 19.9 Å². The van der Waals surface area contributed by atoms with E-state index in [0.717, 1.165) is 30.0 Å². The summed E-state index contributed by atoms with van der Waals surface area (Å²) in [6.45, 7) is 6.16. The van der Waals surface area contributed by atoms with E-state index in [0.29, 0.717) is 19.3 Å². The van der Waals surface area contributed by atoms with Crippen LogP contribution in [-0.2, 0) is 6.54 Å². The predicted octanol–water partition coefficient (Wildman–Crippen LogP) is 1.71. The molecule has 1 fully saturated rings. The largest absolute Gasteiger partial charge is 0.486 e. The predicted molar refractivity (Wildman–Crippen MR) is 72.5 cm³/mol. The fourth-order valence-electron chi connectivity index (χ4n) is 2.76. The number of hydrogen-bond donors (Lipinski definition) is 2. The first-order valence-corrected chi connectivity index (χ1v) is 6.88. The highest BCUT2D eigenvalue weighted by Crippen LogP contribution is 2.41. The van der Waals surface area contributed by atoms with E-state index in [1.165, 1.54) is 0 Å². The molecule has 1 heterocycles. The molecule has 2 atom stereocenters. The highest BCUT2D eigenvalue weighted by molar-refractivity contribution is 5.47. The summed E-state index contributed by atoms with van der Waals surface area (Å²) < 4.78 is 11.3. The summed E-state index contributed by atoms with van der Waals surface area (Å²) >= 11 is 0. The molecule has 0 radical (unpaired) electrons. The van der Waals surface area contributed by atoms with Crippen LogP contribution in [0.2, 0.25) is 0 Å². The minimum absolute atomic E-state index is 0.0494. The van der Waals surface area contributed by atoms with E-state index in [1.54, 1.807) is 0 Å². The number of rotatable bonds is 3. The van der Waals surface area contributed by atoms with E-state index < -0.39 is 0 Å². The summed E-state index contributed by atoms with van der Waals surface area (Å²) in [7, 11) is 0. The first-order chi connectivity index (χ1) is 9.09. The van der Waals surface area contributed by atoms with Gasteiger partial charge in [-0.2, -0.15) is 0 Å². The van der Waals surface area contributed by atoms with Gasteiger partial charge in [0, 0.05) is 23.6 Å². The van der Waals surface area contributed by atoms with E-state index in [2.05, 4.69) is 25.2 Å². The molecule has 0 aromatic heterocycles. The number of benzene rings is 1. The second kappa shape index (κ2) is 4.69. The van der Waals surface area contributed by atoms with Gasteiger partial charge in [-0.15, -0.1) is 0 Å². The number of hydrogen-bond acceptors (Lipinski definition) is 4. The summed E-state index contributed by atoms with van der Waals surface area (Å²) in [6, 6.07) is 6.34. The van der Waals surface area contributed by atoms with Crippen molar-refractivity contribution in [2.24, 2.45) is 5.41 Å². The molecule has 0 amide bonds. The maximum Gasteiger partial charge on any atom is 0.165 e. The van der Waals surface area contributed by atoms with Crippen LogP contribution in [0, 0.1) is 5.41 Å². The molecular formula is C15H21NO3. The highest BCUT2D eigenvalue weighted by atomic mass is 16.6. The average molecular weight is 263 g/mol. The van der Waals surface area contributed by atoms with Crippen LogP contribution in [-0.4, -0.2) is 30.5 Å². The first kappa shape index (κ1) is 12.8. The third-order valence-corrected chi connectivity index (χ3v) is 4.40. The highest BCUT2D eigenvalue weighted by Gasteiger charge is 2.46. The normalized spacial score (nSPS) is 27.7. The van der Waals surface area contributed by atoms with Gasteiger partial charge in [-0.1, -0.05) is 26.0 Å². The molecular weight excluding hydrogens is 242 g/mol. The van der Waals surface area contributed by atoms with Gasteiger partial charge in [-0.3, -0.25) is 0 Å². The Morgan fingerprint density at radius 2 is 2.11 bits per heavy atom. The van der Waals surface area contributed by atoms with Crippen LogP contribution < -0.4 is 14.8 Å². The van der Waals surface area contributed by atoms with Gasteiger partial charge in [0.1, 0.15) is 13.2 Å². The topological polar surface area (TPSA) is 50.7 Å². The average Bonchev–Trinajstić information content (AvgIpc) is 2.43. The maximum absolute atomic E-state index is 9.75.